The lowest BCUT2D eigenvalue weighted by Crippen LogP contribution is -2.45. The predicted octanol–water partition coefficient (Wildman–Crippen LogP) is 2.14. The molecule has 1 unspecified atom stereocenters. The van der Waals surface area contributed by atoms with E-state index < -0.39 is 6.10 Å². The predicted molar refractivity (Wildman–Crippen MR) is 101 cm³/mol. The average Bonchev–Trinajstić information content (AvgIpc) is 2.66. The fraction of sp³-hybridized carbons (Fsp3) is 0.381. The van der Waals surface area contributed by atoms with E-state index in [1.807, 2.05) is 41.3 Å². The van der Waals surface area contributed by atoms with Crippen LogP contribution in [-0.2, 0) is 11.2 Å². The van der Waals surface area contributed by atoms with Gasteiger partial charge < -0.3 is 20.1 Å². The van der Waals surface area contributed by atoms with Gasteiger partial charge in [-0.3, -0.25) is 4.79 Å². The molecule has 1 aliphatic heterocycles. The van der Waals surface area contributed by atoms with E-state index in [0.29, 0.717) is 13.1 Å². The number of hydrogen-bond donors (Lipinski definition) is 2. The minimum Gasteiger partial charge on any atom is -0.496 e. The highest BCUT2D eigenvalue weighted by molar-refractivity contribution is 5.80. The Bertz CT molecular complexity index is 760. The quantitative estimate of drug-likeness (QED) is 0.834. The van der Waals surface area contributed by atoms with Gasteiger partial charge in [0.15, 0.2) is 0 Å². The fourth-order valence-electron chi connectivity index (χ4n) is 3.55. The van der Waals surface area contributed by atoms with Gasteiger partial charge >= 0.3 is 0 Å². The smallest absolute Gasteiger partial charge is 0.237 e. The van der Waals surface area contributed by atoms with E-state index in [2.05, 4.69) is 17.4 Å². The number of ether oxygens (including phenoxy) is 1. The van der Waals surface area contributed by atoms with Crippen molar-refractivity contribution < 1.29 is 14.6 Å². The molecule has 3 rings (SSSR count). The third-order valence-electron chi connectivity index (χ3n) is 4.75. The maximum absolute atomic E-state index is 12.9. The van der Waals surface area contributed by atoms with Crippen molar-refractivity contribution in [2.75, 3.05) is 26.7 Å². The molecule has 2 aromatic rings. The van der Waals surface area contributed by atoms with E-state index in [1.165, 1.54) is 5.56 Å². The summed E-state index contributed by atoms with van der Waals surface area (Å²) in [4.78, 5) is 14.8. The van der Waals surface area contributed by atoms with Crippen LogP contribution in [0.4, 0.5) is 0 Å². The number of carbonyl (C=O) groups excluding carboxylic acids is 1. The number of nitrogens with zero attached hydrogens (tertiary/aromatic N) is 1. The number of rotatable bonds is 6. The highest BCUT2D eigenvalue weighted by atomic mass is 16.5. The van der Waals surface area contributed by atoms with Gasteiger partial charge in [-0.05, 0) is 30.5 Å². The summed E-state index contributed by atoms with van der Waals surface area (Å²) in [5.41, 5.74) is 3.41. The summed E-state index contributed by atoms with van der Waals surface area (Å²) in [6.45, 7) is 2.97. The molecule has 0 saturated heterocycles. The van der Waals surface area contributed by atoms with Gasteiger partial charge in [-0.15, -0.1) is 0 Å². The lowest BCUT2D eigenvalue weighted by molar-refractivity contribution is -0.132. The number of hydrogen-bond acceptors (Lipinski definition) is 4. The Morgan fingerprint density at radius 3 is 2.65 bits per heavy atom. The topological polar surface area (TPSA) is 61.8 Å². The summed E-state index contributed by atoms with van der Waals surface area (Å²) >= 11 is 0. The third kappa shape index (κ3) is 3.89. The van der Waals surface area contributed by atoms with Crippen molar-refractivity contribution >= 4 is 5.91 Å². The van der Waals surface area contributed by atoms with Crippen LogP contribution >= 0.6 is 0 Å². The van der Waals surface area contributed by atoms with Crippen molar-refractivity contribution in [2.45, 2.75) is 25.5 Å². The number of amides is 1. The first-order chi connectivity index (χ1) is 12.6. The number of nitrogens with one attached hydrogen (secondary N) is 1. The van der Waals surface area contributed by atoms with Crippen molar-refractivity contribution in [1.82, 2.24) is 10.2 Å². The summed E-state index contributed by atoms with van der Waals surface area (Å²) in [5, 5.41) is 12.4. The highest BCUT2D eigenvalue weighted by Gasteiger charge is 2.33. The molecule has 5 nitrogen and oxygen atoms in total. The molecule has 1 aliphatic rings. The second-order valence-corrected chi connectivity index (χ2v) is 6.66. The van der Waals surface area contributed by atoms with E-state index in [-0.39, 0.29) is 18.5 Å². The standard InChI is InChI=1S/C21H26N2O3/c1-15(24)13-22-14-20(25)23-12-11-16-7-3-4-8-17(16)21(23)18-9-5-6-10-19(18)26-2/h3-10,15,21-22,24H,11-14H2,1-2H3/t15-,21?/m0/s1. The molecule has 0 fully saturated rings. The van der Waals surface area contributed by atoms with Crippen LogP contribution in [0, 0.1) is 0 Å². The zero-order valence-electron chi connectivity index (χ0n) is 15.3. The summed E-state index contributed by atoms with van der Waals surface area (Å²) in [6, 6.07) is 16.0. The zero-order chi connectivity index (χ0) is 18.5. The van der Waals surface area contributed by atoms with Gasteiger partial charge in [0.05, 0.1) is 25.8 Å². The molecule has 2 aromatic carbocycles. The Balaban J connectivity index is 1.95. The van der Waals surface area contributed by atoms with Gasteiger partial charge in [-0.1, -0.05) is 42.5 Å². The van der Waals surface area contributed by atoms with Crippen LogP contribution in [0.25, 0.3) is 0 Å². The van der Waals surface area contributed by atoms with Gasteiger partial charge in [0.2, 0.25) is 5.91 Å². The Morgan fingerprint density at radius 1 is 1.23 bits per heavy atom. The molecule has 1 amide bonds. The van der Waals surface area contributed by atoms with Crippen molar-refractivity contribution in [3.05, 3.63) is 65.2 Å². The van der Waals surface area contributed by atoms with E-state index in [1.54, 1.807) is 14.0 Å². The Hall–Kier alpha value is -2.37. The number of aliphatic hydroxyl groups is 1. The van der Waals surface area contributed by atoms with Crippen molar-refractivity contribution in [3.8, 4) is 5.75 Å². The molecular formula is C21H26N2O3. The number of aliphatic hydroxyl groups excluding tert-OH is 1. The number of benzene rings is 2. The van der Waals surface area contributed by atoms with E-state index >= 15 is 0 Å². The molecule has 0 saturated carbocycles. The first-order valence-electron chi connectivity index (χ1n) is 9.00. The molecule has 2 atom stereocenters. The third-order valence-corrected chi connectivity index (χ3v) is 4.75. The molecule has 26 heavy (non-hydrogen) atoms. The van der Waals surface area contributed by atoms with Gasteiger partial charge in [0.1, 0.15) is 5.75 Å². The van der Waals surface area contributed by atoms with E-state index in [0.717, 1.165) is 23.3 Å². The van der Waals surface area contributed by atoms with E-state index in [4.69, 9.17) is 4.74 Å². The summed E-state index contributed by atoms with van der Waals surface area (Å²) in [7, 11) is 1.66. The second-order valence-electron chi connectivity index (χ2n) is 6.66. The second kappa shape index (κ2) is 8.34. The van der Waals surface area contributed by atoms with Crippen LogP contribution in [-0.4, -0.2) is 48.8 Å². The van der Waals surface area contributed by atoms with Crippen molar-refractivity contribution in [3.63, 3.8) is 0 Å². The normalized spacial score (nSPS) is 17.5. The zero-order valence-corrected chi connectivity index (χ0v) is 15.3. The maximum atomic E-state index is 12.9. The fourth-order valence-corrected chi connectivity index (χ4v) is 3.55. The summed E-state index contributed by atoms with van der Waals surface area (Å²) < 4.78 is 5.57. The van der Waals surface area contributed by atoms with E-state index in [9.17, 15) is 9.90 Å². The van der Waals surface area contributed by atoms with Crippen LogP contribution in [0.3, 0.4) is 0 Å². The Kier molecular flexibility index (Phi) is 5.91. The van der Waals surface area contributed by atoms with Crippen LogP contribution in [0.2, 0.25) is 0 Å². The van der Waals surface area contributed by atoms with Gasteiger partial charge in [-0.2, -0.15) is 0 Å². The van der Waals surface area contributed by atoms with Gasteiger partial charge in [0, 0.05) is 18.7 Å². The number of para-hydroxylation sites is 1. The van der Waals surface area contributed by atoms with Crippen LogP contribution < -0.4 is 10.1 Å². The maximum Gasteiger partial charge on any atom is 0.237 e. The van der Waals surface area contributed by atoms with Crippen molar-refractivity contribution in [2.24, 2.45) is 0 Å². The Labute approximate surface area is 154 Å². The molecule has 5 heteroatoms. The first-order valence-corrected chi connectivity index (χ1v) is 9.00. The molecule has 0 aliphatic carbocycles. The van der Waals surface area contributed by atoms with Crippen LogP contribution in [0.1, 0.15) is 29.7 Å². The number of fused-ring (bicyclic) bond motifs is 1. The highest BCUT2D eigenvalue weighted by Crippen LogP contribution is 2.39. The molecule has 138 valence electrons. The monoisotopic (exact) mass is 354 g/mol. The number of carbonyl (C=O) groups is 1. The largest absolute Gasteiger partial charge is 0.496 e. The van der Waals surface area contributed by atoms with Crippen molar-refractivity contribution in [1.29, 1.82) is 0 Å². The molecule has 0 aromatic heterocycles. The van der Waals surface area contributed by atoms with Crippen LogP contribution in [0.15, 0.2) is 48.5 Å². The minimum absolute atomic E-state index is 0.0241. The SMILES string of the molecule is COc1ccccc1C1c2ccccc2CCN1C(=O)CNC[C@H](C)O. The lowest BCUT2D eigenvalue weighted by atomic mass is 9.87. The first kappa shape index (κ1) is 18.4. The van der Waals surface area contributed by atoms with Gasteiger partial charge in [-0.25, -0.2) is 0 Å². The van der Waals surface area contributed by atoms with Gasteiger partial charge in [0.25, 0.3) is 0 Å². The average molecular weight is 354 g/mol. The molecule has 0 spiro atoms. The number of methoxy groups -OCH3 is 1. The Morgan fingerprint density at radius 2 is 1.92 bits per heavy atom. The molecule has 0 bridgehead atoms. The summed E-state index contributed by atoms with van der Waals surface area (Å²) in [6.07, 6.45) is 0.360. The molecule has 2 N–H and O–H groups in total. The molecule has 1 heterocycles. The minimum atomic E-state index is -0.477. The molecular weight excluding hydrogens is 328 g/mol. The molecule has 0 radical (unpaired) electrons. The summed E-state index contributed by atoms with van der Waals surface area (Å²) in [5.74, 6) is 0.806. The van der Waals surface area contributed by atoms with Crippen LogP contribution in [0.5, 0.6) is 5.75 Å². The lowest BCUT2D eigenvalue weighted by Gasteiger charge is -2.38.